The van der Waals surface area contributed by atoms with Gasteiger partial charge in [0.1, 0.15) is 5.56 Å². The van der Waals surface area contributed by atoms with E-state index in [1.807, 2.05) is 4.90 Å². The number of aromatic nitrogens is 1. The summed E-state index contributed by atoms with van der Waals surface area (Å²) in [5.41, 5.74) is -0.306. The molecule has 2 aliphatic heterocycles. The van der Waals surface area contributed by atoms with Gasteiger partial charge in [-0.15, -0.1) is 0 Å². The fraction of sp³-hybridized carbons (Fsp3) is 0.571. The maximum absolute atomic E-state index is 14.2. The minimum atomic E-state index is -1.25. The Kier molecular flexibility index (Phi) is 3.56. The first-order valence-corrected chi connectivity index (χ1v) is 7.03. The molecule has 0 spiro atoms. The number of carboxylic acid groups (broad SMARTS) is 1. The monoisotopic (exact) mass is 279 g/mol. The lowest BCUT2D eigenvalue weighted by Gasteiger charge is -2.24. The molecule has 1 aromatic rings. The molecule has 0 aliphatic carbocycles. The van der Waals surface area contributed by atoms with Gasteiger partial charge in [-0.05, 0) is 38.4 Å². The van der Waals surface area contributed by atoms with E-state index in [1.54, 1.807) is 0 Å². The van der Waals surface area contributed by atoms with Crippen LogP contribution in [0.25, 0.3) is 0 Å². The fourth-order valence-corrected chi connectivity index (χ4v) is 3.16. The van der Waals surface area contributed by atoms with E-state index < -0.39 is 11.8 Å². The summed E-state index contributed by atoms with van der Waals surface area (Å²) in [6.07, 6.45) is 4.82. The molecule has 1 unspecified atom stereocenters. The largest absolute Gasteiger partial charge is 0.478 e. The Hall–Kier alpha value is -1.69. The van der Waals surface area contributed by atoms with Crippen LogP contribution in [0.4, 0.5) is 10.2 Å². The second kappa shape index (κ2) is 5.36. The van der Waals surface area contributed by atoms with Crippen LogP contribution in [0.5, 0.6) is 0 Å². The van der Waals surface area contributed by atoms with E-state index in [0.29, 0.717) is 6.04 Å². The van der Waals surface area contributed by atoms with Crippen LogP contribution >= 0.6 is 0 Å². The Bertz CT molecular complexity index is 517. The predicted octanol–water partition coefficient (Wildman–Crippen LogP) is 1.59. The van der Waals surface area contributed by atoms with Crippen molar-refractivity contribution in [3.8, 4) is 0 Å². The molecule has 6 heteroatoms. The smallest absolute Gasteiger partial charge is 0.338 e. The molecule has 20 heavy (non-hydrogen) atoms. The second-order valence-electron chi connectivity index (χ2n) is 5.43. The van der Waals surface area contributed by atoms with Crippen molar-refractivity contribution in [1.29, 1.82) is 0 Å². The summed E-state index contributed by atoms with van der Waals surface area (Å²) in [6.45, 7) is 3.69. The quantitative estimate of drug-likeness (QED) is 0.910. The van der Waals surface area contributed by atoms with Gasteiger partial charge in [0, 0.05) is 25.3 Å². The molecule has 1 aromatic heterocycles. The molecule has 0 amide bonds. The molecule has 1 N–H and O–H groups in total. The number of carboxylic acids is 1. The molecule has 2 fully saturated rings. The third-order valence-corrected chi connectivity index (χ3v) is 4.22. The van der Waals surface area contributed by atoms with E-state index in [2.05, 4.69) is 9.88 Å². The summed E-state index contributed by atoms with van der Waals surface area (Å²) in [4.78, 5) is 19.3. The topological polar surface area (TPSA) is 56.7 Å². The minimum absolute atomic E-state index is 0.173. The molecule has 2 saturated heterocycles. The highest BCUT2D eigenvalue weighted by Crippen LogP contribution is 2.26. The molecule has 0 aromatic carbocycles. The lowest BCUT2D eigenvalue weighted by molar-refractivity contribution is 0.0691. The summed E-state index contributed by atoms with van der Waals surface area (Å²) in [7, 11) is 0. The van der Waals surface area contributed by atoms with Gasteiger partial charge in [-0.1, -0.05) is 0 Å². The summed E-state index contributed by atoms with van der Waals surface area (Å²) in [5.74, 6) is -1.80. The van der Waals surface area contributed by atoms with Crippen molar-refractivity contribution in [2.24, 2.45) is 0 Å². The Labute approximate surface area is 117 Å². The molecule has 3 heterocycles. The average Bonchev–Trinajstić information content (AvgIpc) is 3.09. The Morgan fingerprint density at radius 2 is 2.10 bits per heavy atom. The highest BCUT2D eigenvalue weighted by molar-refractivity contribution is 5.88. The van der Waals surface area contributed by atoms with Gasteiger partial charge in [0.25, 0.3) is 0 Å². The maximum Gasteiger partial charge on any atom is 0.338 e. The second-order valence-corrected chi connectivity index (χ2v) is 5.43. The van der Waals surface area contributed by atoms with Gasteiger partial charge in [0.05, 0.1) is 0 Å². The standard InChI is InChI=1S/C14H18FN3O2/c15-12-11(14(19)20)3-5-16-13(12)18-8-4-10(9-18)17-6-1-2-7-17/h3,5,10H,1-2,4,6-9H2,(H,19,20). The molecule has 0 saturated carbocycles. The van der Waals surface area contributed by atoms with Crippen LogP contribution in [-0.4, -0.2) is 53.2 Å². The number of rotatable bonds is 3. The molecule has 5 nitrogen and oxygen atoms in total. The highest BCUT2D eigenvalue weighted by Gasteiger charge is 2.31. The number of carbonyl (C=O) groups is 1. The van der Waals surface area contributed by atoms with Gasteiger partial charge in [-0.2, -0.15) is 0 Å². The van der Waals surface area contributed by atoms with Crippen molar-refractivity contribution < 1.29 is 14.3 Å². The van der Waals surface area contributed by atoms with Gasteiger partial charge < -0.3 is 10.0 Å². The van der Waals surface area contributed by atoms with Crippen LogP contribution in [0.15, 0.2) is 12.3 Å². The fourth-order valence-electron chi connectivity index (χ4n) is 3.16. The van der Waals surface area contributed by atoms with Crippen LogP contribution in [0.3, 0.4) is 0 Å². The number of likely N-dealkylation sites (tertiary alicyclic amines) is 1. The number of hydrogen-bond donors (Lipinski definition) is 1. The van der Waals surface area contributed by atoms with Gasteiger partial charge in [-0.25, -0.2) is 14.2 Å². The summed E-state index contributed by atoms with van der Waals surface area (Å²) >= 11 is 0. The summed E-state index contributed by atoms with van der Waals surface area (Å²) < 4.78 is 14.2. The van der Waals surface area contributed by atoms with Gasteiger partial charge in [0.15, 0.2) is 11.6 Å². The molecule has 2 aliphatic rings. The Balaban J connectivity index is 1.77. The third kappa shape index (κ3) is 2.35. The van der Waals surface area contributed by atoms with Crippen molar-refractivity contribution in [3.05, 3.63) is 23.6 Å². The lowest BCUT2D eigenvalue weighted by atomic mass is 10.2. The first-order valence-electron chi connectivity index (χ1n) is 7.03. The number of halogens is 1. The van der Waals surface area contributed by atoms with Crippen LogP contribution in [0.1, 0.15) is 29.6 Å². The number of pyridine rings is 1. The van der Waals surface area contributed by atoms with E-state index in [1.165, 1.54) is 25.1 Å². The van der Waals surface area contributed by atoms with E-state index in [9.17, 15) is 9.18 Å². The summed E-state index contributed by atoms with van der Waals surface area (Å²) in [5, 5.41) is 8.96. The third-order valence-electron chi connectivity index (χ3n) is 4.22. The van der Waals surface area contributed by atoms with Gasteiger partial charge in [-0.3, -0.25) is 4.90 Å². The molecule has 108 valence electrons. The number of nitrogens with zero attached hydrogens (tertiary/aromatic N) is 3. The van der Waals surface area contributed by atoms with E-state index >= 15 is 0 Å². The van der Waals surface area contributed by atoms with Crippen molar-refractivity contribution in [2.45, 2.75) is 25.3 Å². The zero-order chi connectivity index (χ0) is 14.1. The van der Waals surface area contributed by atoms with Gasteiger partial charge in [0.2, 0.25) is 0 Å². The van der Waals surface area contributed by atoms with E-state index in [-0.39, 0.29) is 11.4 Å². The summed E-state index contributed by atoms with van der Waals surface area (Å²) in [6, 6.07) is 1.64. The van der Waals surface area contributed by atoms with Crippen molar-refractivity contribution >= 4 is 11.8 Å². The minimum Gasteiger partial charge on any atom is -0.478 e. The van der Waals surface area contributed by atoms with Crippen LogP contribution < -0.4 is 4.90 Å². The zero-order valence-electron chi connectivity index (χ0n) is 11.3. The molecular weight excluding hydrogens is 261 g/mol. The zero-order valence-corrected chi connectivity index (χ0v) is 11.3. The average molecular weight is 279 g/mol. The number of anilines is 1. The normalized spacial score (nSPS) is 23.4. The van der Waals surface area contributed by atoms with Crippen molar-refractivity contribution in [2.75, 3.05) is 31.1 Å². The SMILES string of the molecule is O=C(O)c1ccnc(N2CCC(N3CCCC3)C2)c1F. The number of hydrogen-bond acceptors (Lipinski definition) is 4. The molecule has 0 radical (unpaired) electrons. The van der Waals surface area contributed by atoms with Crippen LogP contribution in [0.2, 0.25) is 0 Å². The Morgan fingerprint density at radius 3 is 2.80 bits per heavy atom. The molecular formula is C14H18FN3O2. The first-order chi connectivity index (χ1) is 9.66. The molecule has 0 bridgehead atoms. The van der Waals surface area contributed by atoms with E-state index in [4.69, 9.17) is 5.11 Å². The van der Waals surface area contributed by atoms with E-state index in [0.717, 1.165) is 32.6 Å². The maximum atomic E-state index is 14.2. The predicted molar refractivity (Wildman–Crippen MR) is 72.6 cm³/mol. The molecule has 1 atom stereocenters. The van der Waals surface area contributed by atoms with Crippen molar-refractivity contribution in [1.82, 2.24) is 9.88 Å². The number of aromatic carboxylic acids is 1. The van der Waals surface area contributed by atoms with Crippen LogP contribution in [-0.2, 0) is 0 Å². The lowest BCUT2D eigenvalue weighted by Crippen LogP contribution is -2.35. The Morgan fingerprint density at radius 1 is 1.35 bits per heavy atom. The van der Waals surface area contributed by atoms with Gasteiger partial charge >= 0.3 is 5.97 Å². The van der Waals surface area contributed by atoms with Crippen LogP contribution in [0, 0.1) is 5.82 Å². The molecule has 3 rings (SSSR count). The highest BCUT2D eigenvalue weighted by atomic mass is 19.1. The van der Waals surface area contributed by atoms with Crippen molar-refractivity contribution in [3.63, 3.8) is 0 Å². The first kappa shape index (κ1) is 13.3.